The minimum Gasteiger partial charge on any atom is -0.493 e. The van der Waals surface area contributed by atoms with E-state index in [-0.39, 0.29) is 40.5 Å². The molecule has 0 aliphatic heterocycles. The fourth-order valence-corrected chi connectivity index (χ4v) is 4.47. The van der Waals surface area contributed by atoms with E-state index in [9.17, 15) is 18.4 Å². The van der Waals surface area contributed by atoms with Crippen molar-refractivity contribution < 1.29 is 32.6 Å². The third kappa shape index (κ3) is 5.14. The molecular formula is C27H24ClF2NO5. The number of rotatable bonds is 8. The number of amides is 1. The van der Waals surface area contributed by atoms with Crippen LogP contribution < -0.4 is 14.8 Å². The number of hydrogen-bond acceptors (Lipinski definition) is 5. The van der Waals surface area contributed by atoms with Gasteiger partial charge in [0.1, 0.15) is 5.54 Å². The number of carbonyl (C=O) groups is 2. The zero-order valence-corrected chi connectivity index (χ0v) is 20.4. The van der Waals surface area contributed by atoms with Gasteiger partial charge >= 0.3 is 11.9 Å². The molecule has 0 bridgehead atoms. The first-order valence-corrected chi connectivity index (χ1v) is 11.5. The molecule has 0 radical (unpaired) electrons. The Morgan fingerprint density at radius 1 is 0.972 bits per heavy atom. The Labute approximate surface area is 212 Å². The van der Waals surface area contributed by atoms with E-state index >= 15 is 0 Å². The number of esters is 1. The lowest BCUT2D eigenvalue weighted by molar-refractivity contribution is -0.147. The topological polar surface area (TPSA) is 73.9 Å². The van der Waals surface area contributed by atoms with E-state index in [1.807, 2.05) is 24.3 Å². The van der Waals surface area contributed by atoms with Crippen molar-refractivity contribution in [3.8, 4) is 11.5 Å². The van der Waals surface area contributed by atoms with Crippen molar-refractivity contribution in [2.75, 3.05) is 20.8 Å². The van der Waals surface area contributed by atoms with Crippen LogP contribution in [0.25, 0.3) is 0 Å². The molecule has 0 fully saturated rings. The molecular weight excluding hydrogens is 492 g/mol. The molecule has 0 saturated carbocycles. The highest BCUT2D eigenvalue weighted by molar-refractivity contribution is 6.30. The van der Waals surface area contributed by atoms with E-state index in [1.54, 1.807) is 0 Å². The third-order valence-electron chi connectivity index (χ3n) is 6.11. The standard InChI is InChI=1S/C27H24ClF2NO5/c1-34-22-11-10-17(12-23(22)36-16-27(29,30)20-8-5-9-21(28)13-20)24(32)31-26(25(33)35-2)14-18-6-3-4-7-19(18)15-26/h3-13H,14-16H2,1-2H3,(H,31,32). The van der Waals surface area contributed by atoms with Crippen LogP contribution in [0.15, 0.2) is 66.7 Å². The van der Waals surface area contributed by atoms with Crippen LogP contribution in [0.5, 0.6) is 11.5 Å². The van der Waals surface area contributed by atoms with Gasteiger partial charge in [0.2, 0.25) is 0 Å². The molecule has 0 aromatic heterocycles. The lowest BCUT2D eigenvalue weighted by atomic mass is 9.95. The van der Waals surface area contributed by atoms with E-state index < -0.39 is 29.9 Å². The number of hydrogen-bond donors (Lipinski definition) is 1. The van der Waals surface area contributed by atoms with Crippen LogP contribution >= 0.6 is 11.6 Å². The van der Waals surface area contributed by atoms with E-state index in [1.165, 1.54) is 50.6 Å². The van der Waals surface area contributed by atoms with Crippen LogP contribution in [0.2, 0.25) is 5.02 Å². The number of halogens is 3. The van der Waals surface area contributed by atoms with E-state index in [0.29, 0.717) is 0 Å². The maximum absolute atomic E-state index is 14.7. The Morgan fingerprint density at radius 2 is 1.67 bits per heavy atom. The smallest absolute Gasteiger partial charge is 0.332 e. The fourth-order valence-electron chi connectivity index (χ4n) is 4.28. The predicted molar refractivity (Wildman–Crippen MR) is 130 cm³/mol. The highest BCUT2D eigenvalue weighted by atomic mass is 35.5. The molecule has 3 aromatic carbocycles. The summed E-state index contributed by atoms with van der Waals surface area (Å²) in [4.78, 5) is 25.9. The Hall–Kier alpha value is -3.65. The molecule has 0 heterocycles. The van der Waals surface area contributed by atoms with Gasteiger partial charge in [0.15, 0.2) is 18.1 Å². The first-order valence-electron chi connectivity index (χ1n) is 11.1. The maximum atomic E-state index is 14.7. The molecule has 9 heteroatoms. The Morgan fingerprint density at radius 3 is 2.28 bits per heavy atom. The van der Waals surface area contributed by atoms with Gasteiger partial charge in [0.05, 0.1) is 14.2 Å². The average molecular weight is 516 g/mol. The first kappa shape index (κ1) is 25.4. The van der Waals surface area contributed by atoms with Crippen LogP contribution in [0.1, 0.15) is 27.0 Å². The summed E-state index contributed by atoms with van der Waals surface area (Å²) in [5.41, 5.74) is 0.394. The molecule has 0 atom stereocenters. The lowest BCUT2D eigenvalue weighted by Gasteiger charge is -2.27. The van der Waals surface area contributed by atoms with Crippen molar-refractivity contribution in [3.05, 3.63) is 94.0 Å². The number of alkyl halides is 2. The van der Waals surface area contributed by atoms with Gasteiger partial charge in [0, 0.05) is 29.0 Å². The highest BCUT2D eigenvalue weighted by Crippen LogP contribution is 2.35. The minimum absolute atomic E-state index is 0.0475. The van der Waals surface area contributed by atoms with Crippen molar-refractivity contribution in [3.63, 3.8) is 0 Å². The van der Waals surface area contributed by atoms with E-state index in [2.05, 4.69) is 5.32 Å². The summed E-state index contributed by atoms with van der Waals surface area (Å²) in [5, 5.41) is 2.98. The zero-order valence-electron chi connectivity index (χ0n) is 19.6. The van der Waals surface area contributed by atoms with Gasteiger partial charge in [-0.1, -0.05) is 48.0 Å². The van der Waals surface area contributed by atoms with Crippen LogP contribution in [0.3, 0.4) is 0 Å². The number of benzene rings is 3. The molecule has 1 amide bonds. The largest absolute Gasteiger partial charge is 0.493 e. The van der Waals surface area contributed by atoms with Gasteiger partial charge in [-0.05, 0) is 41.5 Å². The van der Waals surface area contributed by atoms with Gasteiger partial charge in [-0.3, -0.25) is 4.79 Å². The number of nitrogens with one attached hydrogen (secondary N) is 1. The molecule has 3 aromatic rings. The zero-order chi connectivity index (χ0) is 25.9. The normalized spacial score (nSPS) is 14.0. The SMILES string of the molecule is COC(=O)C1(NC(=O)c2ccc(OC)c(OCC(F)(F)c3cccc(Cl)c3)c2)Cc2ccccc2C1. The molecule has 36 heavy (non-hydrogen) atoms. The third-order valence-corrected chi connectivity index (χ3v) is 6.35. The van der Waals surface area contributed by atoms with Gasteiger partial charge in [0.25, 0.3) is 5.91 Å². The molecule has 0 saturated heterocycles. The Kier molecular flexibility index (Phi) is 7.17. The summed E-state index contributed by atoms with van der Waals surface area (Å²) in [7, 11) is 2.62. The van der Waals surface area contributed by atoms with Gasteiger partial charge in [-0.25, -0.2) is 4.79 Å². The summed E-state index contributed by atoms with van der Waals surface area (Å²) in [5.74, 6) is -4.38. The number of carbonyl (C=O) groups excluding carboxylic acids is 2. The summed E-state index contributed by atoms with van der Waals surface area (Å²) >= 11 is 5.84. The molecule has 0 unspecified atom stereocenters. The Balaban J connectivity index is 1.55. The van der Waals surface area contributed by atoms with Crippen molar-refractivity contribution in [2.24, 2.45) is 0 Å². The van der Waals surface area contributed by atoms with Crippen LogP contribution in [-0.4, -0.2) is 38.2 Å². The minimum atomic E-state index is -3.35. The molecule has 1 N–H and O–H groups in total. The van der Waals surface area contributed by atoms with Crippen molar-refractivity contribution in [1.29, 1.82) is 0 Å². The van der Waals surface area contributed by atoms with E-state index in [0.717, 1.165) is 17.2 Å². The van der Waals surface area contributed by atoms with Crippen molar-refractivity contribution in [2.45, 2.75) is 24.3 Å². The number of methoxy groups -OCH3 is 2. The van der Waals surface area contributed by atoms with E-state index in [4.69, 9.17) is 25.8 Å². The number of fused-ring (bicyclic) bond motifs is 1. The van der Waals surface area contributed by atoms with Gasteiger partial charge < -0.3 is 19.5 Å². The van der Waals surface area contributed by atoms with Crippen LogP contribution in [0, 0.1) is 0 Å². The van der Waals surface area contributed by atoms with Crippen molar-refractivity contribution in [1.82, 2.24) is 5.32 Å². The maximum Gasteiger partial charge on any atom is 0.332 e. The second-order valence-electron chi connectivity index (χ2n) is 8.52. The molecule has 1 aliphatic rings. The van der Waals surface area contributed by atoms with Crippen LogP contribution in [-0.2, 0) is 28.3 Å². The first-order chi connectivity index (χ1) is 17.2. The molecule has 0 spiro atoms. The highest BCUT2D eigenvalue weighted by Gasteiger charge is 2.46. The molecule has 1 aliphatic carbocycles. The van der Waals surface area contributed by atoms with Gasteiger partial charge in [-0.2, -0.15) is 8.78 Å². The summed E-state index contributed by atoms with van der Waals surface area (Å²) in [6.45, 7) is -1.00. The molecule has 188 valence electrons. The van der Waals surface area contributed by atoms with Crippen LogP contribution in [0.4, 0.5) is 8.78 Å². The predicted octanol–water partition coefficient (Wildman–Crippen LogP) is 4.96. The van der Waals surface area contributed by atoms with Gasteiger partial charge in [-0.15, -0.1) is 0 Å². The lowest BCUT2D eigenvalue weighted by Crippen LogP contribution is -2.56. The average Bonchev–Trinajstić information content (AvgIpc) is 3.26. The Bertz CT molecular complexity index is 1270. The second kappa shape index (κ2) is 10.1. The summed E-state index contributed by atoms with van der Waals surface area (Å²) in [6, 6.07) is 17.1. The monoisotopic (exact) mass is 515 g/mol. The molecule has 4 rings (SSSR count). The van der Waals surface area contributed by atoms with Crippen molar-refractivity contribution >= 4 is 23.5 Å². The summed E-state index contributed by atoms with van der Waals surface area (Å²) < 4.78 is 45.1. The fraction of sp³-hybridized carbons (Fsp3) is 0.259. The number of ether oxygens (including phenoxy) is 3. The summed E-state index contributed by atoms with van der Waals surface area (Å²) in [6.07, 6.45) is 0.542. The molecule has 6 nitrogen and oxygen atoms in total. The second-order valence-corrected chi connectivity index (χ2v) is 8.96. The quantitative estimate of drug-likeness (QED) is 0.429.